The minimum Gasteiger partial charge on any atom is -0.345 e. The first-order valence-corrected chi connectivity index (χ1v) is 11.7. The molecule has 0 aliphatic carbocycles. The number of benzene rings is 3. The molecule has 0 fully saturated rings. The molecule has 4 rings (SSSR count). The Hall–Kier alpha value is -3.20. The van der Waals surface area contributed by atoms with Crippen molar-refractivity contribution in [2.24, 2.45) is 7.05 Å². The Morgan fingerprint density at radius 2 is 1.72 bits per heavy atom. The summed E-state index contributed by atoms with van der Waals surface area (Å²) in [6.07, 6.45) is 0. The third-order valence-corrected chi connectivity index (χ3v) is 6.96. The molecule has 0 saturated heterocycles. The third-order valence-electron chi connectivity index (χ3n) is 5.08. The number of para-hydroxylation sites is 2. The minimum atomic E-state index is -3.91. The fourth-order valence-electron chi connectivity index (χ4n) is 3.32. The number of amides is 1. The van der Waals surface area contributed by atoms with Crippen LogP contribution in [0.4, 0.5) is 0 Å². The minimum absolute atomic E-state index is 0.0393. The highest BCUT2D eigenvalue weighted by Crippen LogP contribution is 2.23. The molecule has 0 spiro atoms. The van der Waals surface area contributed by atoms with Crippen LogP contribution >= 0.6 is 11.6 Å². The number of aryl methyl sites for hydroxylation is 1. The van der Waals surface area contributed by atoms with Crippen molar-refractivity contribution in [3.8, 4) is 0 Å². The van der Waals surface area contributed by atoms with Gasteiger partial charge in [-0.25, -0.2) is 18.1 Å². The second kappa shape index (κ2) is 9.12. The zero-order chi connectivity index (χ0) is 22.7. The van der Waals surface area contributed by atoms with Gasteiger partial charge >= 0.3 is 0 Å². The van der Waals surface area contributed by atoms with E-state index in [1.807, 2.05) is 66.2 Å². The molecule has 164 valence electrons. The standard InChI is InChI=1S/C23H21ClN4O3S/c1-28-20-10-6-5-9-19(20)27-22(28)15-25-23(29)17-11-12-18(24)21(13-17)32(30,31)26-14-16-7-3-2-4-8-16/h2-13,26H,14-15H2,1H3,(H,25,29). The van der Waals surface area contributed by atoms with Gasteiger partial charge in [0, 0.05) is 19.2 Å². The molecule has 0 aliphatic rings. The van der Waals surface area contributed by atoms with Gasteiger partial charge in [-0.05, 0) is 35.9 Å². The topological polar surface area (TPSA) is 93.1 Å². The van der Waals surface area contributed by atoms with Crippen LogP contribution in [0.3, 0.4) is 0 Å². The van der Waals surface area contributed by atoms with Crippen molar-refractivity contribution in [2.75, 3.05) is 0 Å². The van der Waals surface area contributed by atoms with E-state index in [1.54, 1.807) is 0 Å². The highest BCUT2D eigenvalue weighted by molar-refractivity contribution is 7.89. The second-order valence-electron chi connectivity index (χ2n) is 7.21. The Bertz CT molecular complexity index is 1390. The molecule has 9 heteroatoms. The SMILES string of the molecule is Cn1c(CNC(=O)c2ccc(Cl)c(S(=O)(=O)NCc3ccccc3)c2)nc2ccccc21. The molecule has 1 heterocycles. The number of nitrogens with one attached hydrogen (secondary N) is 2. The molecule has 0 atom stereocenters. The Kier molecular flexibility index (Phi) is 6.27. The van der Waals surface area contributed by atoms with E-state index in [0.717, 1.165) is 16.6 Å². The highest BCUT2D eigenvalue weighted by Gasteiger charge is 2.20. The van der Waals surface area contributed by atoms with E-state index in [-0.39, 0.29) is 28.6 Å². The summed E-state index contributed by atoms with van der Waals surface area (Å²) < 4.78 is 30.0. The van der Waals surface area contributed by atoms with Gasteiger partial charge < -0.3 is 9.88 Å². The lowest BCUT2D eigenvalue weighted by Crippen LogP contribution is -2.26. The van der Waals surface area contributed by atoms with Gasteiger partial charge in [0.1, 0.15) is 10.7 Å². The van der Waals surface area contributed by atoms with Gasteiger partial charge in [-0.2, -0.15) is 0 Å². The van der Waals surface area contributed by atoms with Crippen molar-refractivity contribution in [3.63, 3.8) is 0 Å². The molecule has 0 saturated carbocycles. The van der Waals surface area contributed by atoms with Gasteiger partial charge in [-0.1, -0.05) is 54.1 Å². The van der Waals surface area contributed by atoms with Crippen molar-refractivity contribution >= 4 is 38.6 Å². The second-order valence-corrected chi connectivity index (χ2v) is 9.36. The Morgan fingerprint density at radius 1 is 1.00 bits per heavy atom. The lowest BCUT2D eigenvalue weighted by molar-refractivity contribution is 0.0949. The molecule has 0 aliphatic heterocycles. The van der Waals surface area contributed by atoms with Gasteiger partial charge in [-0.15, -0.1) is 0 Å². The first-order chi connectivity index (χ1) is 15.3. The molecular formula is C23H21ClN4O3S. The van der Waals surface area contributed by atoms with E-state index < -0.39 is 15.9 Å². The van der Waals surface area contributed by atoms with Crippen molar-refractivity contribution in [2.45, 2.75) is 18.0 Å². The molecule has 7 nitrogen and oxygen atoms in total. The van der Waals surface area contributed by atoms with Crippen molar-refractivity contribution in [3.05, 3.63) is 94.8 Å². The number of hydrogen-bond acceptors (Lipinski definition) is 4. The molecule has 0 bridgehead atoms. The monoisotopic (exact) mass is 468 g/mol. The van der Waals surface area contributed by atoms with Gasteiger partial charge in [0.2, 0.25) is 10.0 Å². The fraction of sp³-hybridized carbons (Fsp3) is 0.130. The molecule has 4 aromatic rings. The number of sulfonamides is 1. The van der Waals surface area contributed by atoms with Gasteiger partial charge in [-0.3, -0.25) is 4.79 Å². The van der Waals surface area contributed by atoms with Crippen LogP contribution in [0.25, 0.3) is 11.0 Å². The molecule has 2 N–H and O–H groups in total. The van der Waals surface area contributed by atoms with Crippen LogP contribution in [0.2, 0.25) is 5.02 Å². The molecule has 1 amide bonds. The Labute approximate surface area is 191 Å². The first kappa shape index (κ1) is 22.0. The quantitative estimate of drug-likeness (QED) is 0.433. The molecule has 0 radical (unpaired) electrons. The molecular weight excluding hydrogens is 448 g/mol. The van der Waals surface area contributed by atoms with E-state index in [2.05, 4.69) is 15.0 Å². The molecule has 0 unspecified atom stereocenters. The number of hydrogen-bond donors (Lipinski definition) is 2. The summed E-state index contributed by atoms with van der Waals surface area (Å²) in [5.41, 5.74) is 2.79. The maximum Gasteiger partial charge on any atom is 0.251 e. The molecule has 1 aromatic heterocycles. The van der Waals surface area contributed by atoms with E-state index >= 15 is 0 Å². The van der Waals surface area contributed by atoms with E-state index in [1.165, 1.54) is 18.2 Å². The number of carbonyl (C=O) groups is 1. The average Bonchev–Trinajstić information content (AvgIpc) is 3.13. The first-order valence-electron chi connectivity index (χ1n) is 9.87. The van der Waals surface area contributed by atoms with Crippen LogP contribution in [0.15, 0.2) is 77.7 Å². The predicted molar refractivity (Wildman–Crippen MR) is 124 cm³/mol. The van der Waals surface area contributed by atoms with Gasteiger partial charge in [0.15, 0.2) is 0 Å². The largest absolute Gasteiger partial charge is 0.345 e. The molecule has 32 heavy (non-hydrogen) atoms. The molecule has 3 aromatic carbocycles. The van der Waals surface area contributed by atoms with E-state index in [0.29, 0.717) is 5.82 Å². The van der Waals surface area contributed by atoms with Crippen LogP contribution in [0.5, 0.6) is 0 Å². The Balaban J connectivity index is 1.49. The number of aromatic nitrogens is 2. The van der Waals surface area contributed by atoms with Gasteiger partial charge in [0.25, 0.3) is 5.91 Å². The normalized spacial score (nSPS) is 11.6. The van der Waals surface area contributed by atoms with Crippen molar-refractivity contribution < 1.29 is 13.2 Å². The zero-order valence-corrected chi connectivity index (χ0v) is 18.8. The number of rotatable bonds is 7. The van der Waals surface area contributed by atoms with E-state index in [9.17, 15) is 13.2 Å². The summed E-state index contributed by atoms with van der Waals surface area (Å²) in [5.74, 6) is 0.263. The maximum absolute atomic E-state index is 12.8. The fourth-order valence-corrected chi connectivity index (χ4v) is 4.86. The summed E-state index contributed by atoms with van der Waals surface area (Å²) in [7, 11) is -2.04. The van der Waals surface area contributed by atoms with Crippen LogP contribution in [0, 0.1) is 0 Å². The average molecular weight is 469 g/mol. The van der Waals surface area contributed by atoms with Gasteiger partial charge in [0.05, 0.1) is 22.6 Å². The van der Waals surface area contributed by atoms with Crippen LogP contribution in [0.1, 0.15) is 21.7 Å². The lowest BCUT2D eigenvalue weighted by atomic mass is 10.2. The predicted octanol–water partition coefficient (Wildman–Crippen LogP) is 3.64. The number of carbonyl (C=O) groups excluding carboxylic acids is 1. The lowest BCUT2D eigenvalue weighted by Gasteiger charge is -2.11. The highest BCUT2D eigenvalue weighted by atomic mass is 35.5. The van der Waals surface area contributed by atoms with E-state index in [4.69, 9.17) is 11.6 Å². The number of fused-ring (bicyclic) bond motifs is 1. The number of halogens is 1. The summed E-state index contributed by atoms with van der Waals surface area (Å²) >= 11 is 6.14. The smallest absolute Gasteiger partial charge is 0.251 e. The van der Waals surface area contributed by atoms with Crippen LogP contribution < -0.4 is 10.0 Å². The zero-order valence-electron chi connectivity index (χ0n) is 17.2. The van der Waals surface area contributed by atoms with Crippen molar-refractivity contribution in [1.29, 1.82) is 0 Å². The number of nitrogens with zero attached hydrogens (tertiary/aromatic N) is 2. The summed E-state index contributed by atoms with van der Waals surface area (Å²) in [4.78, 5) is 17.1. The third kappa shape index (κ3) is 4.67. The van der Waals surface area contributed by atoms with Crippen molar-refractivity contribution in [1.82, 2.24) is 19.6 Å². The summed E-state index contributed by atoms with van der Waals surface area (Å²) in [5, 5.41) is 2.83. The Morgan fingerprint density at radius 3 is 2.47 bits per heavy atom. The van der Waals surface area contributed by atoms with Crippen LogP contribution in [-0.4, -0.2) is 23.9 Å². The summed E-state index contributed by atoms with van der Waals surface area (Å²) in [6.45, 7) is 0.309. The number of imidazole rings is 1. The maximum atomic E-state index is 12.8. The van der Waals surface area contributed by atoms with Crippen LogP contribution in [-0.2, 0) is 30.2 Å². The summed E-state index contributed by atoms with van der Waals surface area (Å²) in [6, 6.07) is 21.0.